The van der Waals surface area contributed by atoms with Crippen LogP contribution < -0.4 is 5.32 Å². The van der Waals surface area contributed by atoms with Gasteiger partial charge in [-0.3, -0.25) is 4.68 Å². The van der Waals surface area contributed by atoms with E-state index in [2.05, 4.69) is 10.4 Å². The van der Waals surface area contributed by atoms with Gasteiger partial charge in [0.25, 0.3) is 0 Å². The summed E-state index contributed by atoms with van der Waals surface area (Å²) in [5.74, 6) is 0.892. The van der Waals surface area contributed by atoms with Crippen LogP contribution in [0.3, 0.4) is 0 Å². The highest BCUT2D eigenvalue weighted by Gasteiger charge is 2.20. The summed E-state index contributed by atoms with van der Waals surface area (Å²) < 4.78 is 13.6. The van der Waals surface area contributed by atoms with Crippen LogP contribution in [0.25, 0.3) is 0 Å². The topological polar surface area (TPSA) is 29.9 Å². The van der Waals surface area contributed by atoms with Crippen molar-refractivity contribution in [2.45, 2.75) is 25.9 Å². The minimum Gasteiger partial charge on any atom is -0.311 e. The van der Waals surface area contributed by atoms with E-state index < -0.39 is 0 Å². The van der Waals surface area contributed by atoms with Gasteiger partial charge in [-0.2, -0.15) is 5.10 Å². The van der Waals surface area contributed by atoms with Crippen molar-refractivity contribution in [1.29, 1.82) is 0 Å². The molecule has 14 heavy (non-hydrogen) atoms. The molecular formula is C10H16FN3. The number of hydrogen-bond acceptors (Lipinski definition) is 2. The fraction of sp³-hybridized carbons (Fsp3) is 0.700. The fourth-order valence-electron chi connectivity index (χ4n) is 1.44. The normalized spacial score (nSPS) is 16.1. The summed E-state index contributed by atoms with van der Waals surface area (Å²) in [6, 6.07) is 1.94. The van der Waals surface area contributed by atoms with Crippen molar-refractivity contribution in [3.8, 4) is 0 Å². The number of nitrogens with zero attached hydrogens (tertiary/aromatic N) is 2. The van der Waals surface area contributed by atoms with E-state index in [1.807, 2.05) is 12.3 Å². The third kappa shape index (κ3) is 2.80. The monoisotopic (exact) mass is 197 g/mol. The predicted octanol–water partition coefficient (Wildman–Crippen LogP) is 1.35. The second-order valence-corrected chi connectivity index (χ2v) is 3.83. The lowest BCUT2D eigenvalue weighted by Gasteiger charge is -1.99. The van der Waals surface area contributed by atoms with Crippen LogP contribution in [0, 0.1) is 5.92 Å². The quantitative estimate of drug-likeness (QED) is 0.746. The molecule has 1 fully saturated rings. The van der Waals surface area contributed by atoms with Crippen LogP contribution >= 0.6 is 0 Å². The molecule has 1 aromatic heterocycles. The molecule has 0 unspecified atom stereocenters. The predicted molar refractivity (Wildman–Crippen MR) is 52.6 cm³/mol. The highest BCUT2D eigenvalue weighted by molar-refractivity contribution is 4.98. The molecule has 0 saturated heterocycles. The Bertz CT molecular complexity index is 281. The van der Waals surface area contributed by atoms with Gasteiger partial charge in [0.15, 0.2) is 0 Å². The van der Waals surface area contributed by atoms with E-state index in [4.69, 9.17) is 0 Å². The Morgan fingerprint density at radius 3 is 3.14 bits per heavy atom. The lowest BCUT2D eigenvalue weighted by molar-refractivity contribution is 0.425. The highest BCUT2D eigenvalue weighted by Crippen LogP contribution is 2.27. The van der Waals surface area contributed by atoms with E-state index in [1.54, 1.807) is 4.68 Å². The molecule has 0 radical (unpaired) electrons. The van der Waals surface area contributed by atoms with E-state index >= 15 is 0 Å². The second kappa shape index (κ2) is 4.55. The molecular weight excluding hydrogens is 181 g/mol. The lowest BCUT2D eigenvalue weighted by atomic mass is 10.4. The number of rotatable bonds is 6. The molecule has 1 heterocycles. The summed E-state index contributed by atoms with van der Waals surface area (Å²) in [5.41, 5.74) is 0.999. The molecule has 0 aliphatic heterocycles. The molecule has 1 N–H and O–H groups in total. The zero-order chi connectivity index (χ0) is 9.80. The average molecular weight is 197 g/mol. The molecule has 4 heteroatoms. The Kier molecular flexibility index (Phi) is 3.14. The van der Waals surface area contributed by atoms with Gasteiger partial charge < -0.3 is 5.32 Å². The van der Waals surface area contributed by atoms with Crippen LogP contribution in [0.2, 0.25) is 0 Å². The van der Waals surface area contributed by atoms with Crippen molar-refractivity contribution >= 4 is 0 Å². The van der Waals surface area contributed by atoms with Crippen LogP contribution in [0.15, 0.2) is 12.3 Å². The number of halogens is 1. The summed E-state index contributed by atoms with van der Waals surface area (Å²) in [7, 11) is 0. The standard InChI is InChI=1S/C10H16FN3/c11-4-6-14-5-3-10(13-14)8-12-7-9-1-2-9/h3,5,9,12H,1-2,4,6-8H2. The van der Waals surface area contributed by atoms with E-state index in [0.717, 1.165) is 24.7 Å². The first-order valence-electron chi connectivity index (χ1n) is 5.17. The molecule has 1 aliphatic carbocycles. The number of alkyl halides is 1. The van der Waals surface area contributed by atoms with Gasteiger partial charge >= 0.3 is 0 Å². The molecule has 1 aromatic rings. The maximum absolute atomic E-state index is 12.0. The Balaban J connectivity index is 1.71. The van der Waals surface area contributed by atoms with E-state index in [0.29, 0.717) is 6.54 Å². The Morgan fingerprint density at radius 1 is 1.57 bits per heavy atom. The number of aromatic nitrogens is 2. The molecule has 3 nitrogen and oxygen atoms in total. The second-order valence-electron chi connectivity index (χ2n) is 3.83. The molecule has 1 aliphatic rings. The molecule has 1 saturated carbocycles. The first kappa shape index (κ1) is 9.65. The first-order valence-corrected chi connectivity index (χ1v) is 5.17. The van der Waals surface area contributed by atoms with Crippen molar-refractivity contribution in [3.63, 3.8) is 0 Å². The van der Waals surface area contributed by atoms with Crippen molar-refractivity contribution < 1.29 is 4.39 Å². The molecule has 2 rings (SSSR count). The van der Waals surface area contributed by atoms with E-state index in [9.17, 15) is 4.39 Å². The van der Waals surface area contributed by atoms with Gasteiger partial charge in [0.05, 0.1) is 12.2 Å². The molecule has 0 aromatic carbocycles. The highest BCUT2D eigenvalue weighted by atomic mass is 19.1. The van der Waals surface area contributed by atoms with Gasteiger partial charge in [0.1, 0.15) is 6.67 Å². The minimum atomic E-state index is -0.351. The molecule has 0 bridgehead atoms. The van der Waals surface area contributed by atoms with Crippen LogP contribution in [-0.4, -0.2) is 23.0 Å². The first-order chi connectivity index (χ1) is 6.88. The SMILES string of the molecule is FCCn1ccc(CNCC2CC2)n1. The average Bonchev–Trinajstić information content (AvgIpc) is 2.88. The van der Waals surface area contributed by atoms with Gasteiger partial charge in [-0.05, 0) is 31.4 Å². The Labute approximate surface area is 83.3 Å². The molecule has 0 atom stereocenters. The number of nitrogens with one attached hydrogen (secondary N) is 1. The van der Waals surface area contributed by atoms with Crippen molar-refractivity contribution in [3.05, 3.63) is 18.0 Å². The summed E-state index contributed by atoms with van der Waals surface area (Å²) >= 11 is 0. The Morgan fingerprint density at radius 2 is 2.43 bits per heavy atom. The maximum Gasteiger partial charge on any atom is 0.109 e. The third-order valence-corrected chi connectivity index (χ3v) is 2.45. The van der Waals surface area contributed by atoms with Gasteiger partial charge in [-0.25, -0.2) is 4.39 Å². The summed E-state index contributed by atoms with van der Waals surface area (Å²) in [5, 5.41) is 7.58. The minimum absolute atomic E-state index is 0.351. The van der Waals surface area contributed by atoms with Crippen molar-refractivity contribution in [2.24, 2.45) is 5.92 Å². The van der Waals surface area contributed by atoms with Gasteiger partial charge in [-0.15, -0.1) is 0 Å². The third-order valence-electron chi connectivity index (χ3n) is 2.45. The van der Waals surface area contributed by atoms with Crippen LogP contribution in [0.5, 0.6) is 0 Å². The lowest BCUT2D eigenvalue weighted by Crippen LogP contribution is -2.16. The van der Waals surface area contributed by atoms with Gasteiger partial charge in [0, 0.05) is 12.7 Å². The molecule has 78 valence electrons. The van der Waals surface area contributed by atoms with Crippen molar-refractivity contribution in [1.82, 2.24) is 15.1 Å². The summed E-state index contributed by atoms with van der Waals surface area (Å²) in [6.07, 6.45) is 4.56. The molecule has 0 spiro atoms. The zero-order valence-corrected chi connectivity index (χ0v) is 8.25. The number of aryl methyl sites for hydroxylation is 1. The van der Waals surface area contributed by atoms with Crippen LogP contribution in [-0.2, 0) is 13.1 Å². The van der Waals surface area contributed by atoms with Crippen LogP contribution in [0.4, 0.5) is 4.39 Å². The van der Waals surface area contributed by atoms with E-state index in [1.165, 1.54) is 12.8 Å². The van der Waals surface area contributed by atoms with Gasteiger partial charge in [0.2, 0.25) is 0 Å². The van der Waals surface area contributed by atoms with Gasteiger partial charge in [-0.1, -0.05) is 0 Å². The largest absolute Gasteiger partial charge is 0.311 e. The summed E-state index contributed by atoms with van der Waals surface area (Å²) in [6.45, 7) is 1.91. The number of hydrogen-bond donors (Lipinski definition) is 1. The summed E-state index contributed by atoms with van der Waals surface area (Å²) in [4.78, 5) is 0. The zero-order valence-electron chi connectivity index (χ0n) is 8.25. The van der Waals surface area contributed by atoms with Crippen LogP contribution in [0.1, 0.15) is 18.5 Å². The smallest absolute Gasteiger partial charge is 0.109 e. The molecule has 0 amide bonds. The Hall–Kier alpha value is -0.900. The maximum atomic E-state index is 12.0. The fourth-order valence-corrected chi connectivity index (χ4v) is 1.44. The van der Waals surface area contributed by atoms with E-state index in [-0.39, 0.29) is 6.67 Å². The van der Waals surface area contributed by atoms with Crippen molar-refractivity contribution in [2.75, 3.05) is 13.2 Å².